The van der Waals surface area contributed by atoms with Crippen molar-refractivity contribution in [1.82, 2.24) is 14.9 Å². The number of rotatable bonds is 2. The minimum absolute atomic E-state index is 0.217. The van der Waals surface area contributed by atoms with Gasteiger partial charge in [0.25, 0.3) is 0 Å². The highest BCUT2D eigenvalue weighted by molar-refractivity contribution is 8.14. The second kappa shape index (κ2) is 6.90. The standard InChI is InChI=1S/C18H14N6OS/c19-9-12-4-3-5-13(8-12)10-20-17-23-22-16(11-26-17)24-15-7-2-1-6-14(15)21-18(24)25/h1-8H,10-11H2,(H,20,23)(H,21,25). The molecule has 4 rings (SSSR count). The number of fused-ring (bicyclic) bond motifs is 1. The summed E-state index contributed by atoms with van der Waals surface area (Å²) < 4.78 is 1.55. The van der Waals surface area contributed by atoms with Crippen LogP contribution in [0.15, 0.2) is 63.5 Å². The van der Waals surface area contributed by atoms with E-state index in [2.05, 4.69) is 26.6 Å². The van der Waals surface area contributed by atoms with Crippen molar-refractivity contribution in [3.63, 3.8) is 0 Å². The molecule has 0 unspecified atom stereocenters. The van der Waals surface area contributed by atoms with Crippen LogP contribution in [-0.2, 0) is 6.54 Å². The summed E-state index contributed by atoms with van der Waals surface area (Å²) in [7, 11) is 0. The number of hydrogen-bond acceptors (Lipinski definition) is 6. The number of nitrogens with one attached hydrogen (secondary N) is 2. The number of amidine groups is 1. The molecule has 0 amide bonds. The van der Waals surface area contributed by atoms with Gasteiger partial charge in [0.2, 0.25) is 0 Å². The second-order valence-electron chi connectivity index (χ2n) is 5.66. The van der Waals surface area contributed by atoms with Crippen molar-refractivity contribution in [2.24, 2.45) is 10.2 Å². The number of hydrogen-bond donors (Lipinski definition) is 2. The molecule has 1 aliphatic heterocycles. The smallest absolute Gasteiger partial charge is 0.332 e. The van der Waals surface area contributed by atoms with Crippen LogP contribution in [0.4, 0.5) is 0 Å². The predicted molar refractivity (Wildman–Crippen MR) is 103 cm³/mol. The molecule has 3 aromatic rings. The first-order chi connectivity index (χ1) is 12.7. The fourth-order valence-electron chi connectivity index (χ4n) is 2.73. The number of thioether (sulfide) groups is 1. The largest absolute Gasteiger partial charge is 0.359 e. The lowest BCUT2D eigenvalue weighted by atomic mass is 10.1. The molecule has 0 bridgehead atoms. The first-order valence-corrected chi connectivity index (χ1v) is 8.93. The van der Waals surface area contributed by atoms with Crippen LogP contribution in [0.5, 0.6) is 0 Å². The van der Waals surface area contributed by atoms with E-state index in [4.69, 9.17) is 5.26 Å². The molecule has 0 radical (unpaired) electrons. The van der Waals surface area contributed by atoms with Crippen molar-refractivity contribution >= 4 is 33.8 Å². The second-order valence-corrected chi connectivity index (χ2v) is 6.62. The third-order valence-electron chi connectivity index (χ3n) is 3.94. The summed E-state index contributed by atoms with van der Waals surface area (Å²) in [5, 5.41) is 21.3. The van der Waals surface area contributed by atoms with E-state index in [0.29, 0.717) is 28.9 Å². The third-order valence-corrected chi connectivity index (χ3v) is 4.84. The molecule has 0 spiro atoms. The van der Waals surface area contributed by atoms with Gasteiger partial charge in [0, 0.05) is 6.54 Å². The Bertz CT molecular complexity index is 1130. The highest BCUT2D eigenvalue weighted by Gasteiger charge is 2.16. The van der Waals surface area contributed by atoms with Crippen LogP contribution in [0.3, 0.4) is 0 Å². The van der Waals surface area contributed by atoms with Crippen LogP contribution in [0.1, 0.15) is 11.1 Å². The first-order valence-electron chi connectivity index (χ1n) is 7.95. The SMILES string of the molecule is N#Cc1cccc(CNC2=NN=C(n3c(=O)[nH]c4ccccc43)CS2)c1. The number of para-hydroxylation sites is 2. The Morgan fingerprint density at radius 3 is 2.92 bits per heavy atom. The third kappa shape index (κ3) is 3.12. The van der Waals surface area contributed by atoms with E-state index in [0.717, 1.165) is 16.6 Å². The quantitative estimate of drug-likeness (QED) is 0.730. The van der Waals surface area contributed by atoms with Gasteiger partial charge in [0.15, 0.2) is 11.0 Å². The Morgan fingerprint density at radius 1 is 1.23 bits per heavy atom. The van der Waals surface area contributed by atoms with Gasteiger partial charge in [-0.15, -0.1) is 10.2 Å². The molecule has 2 heterocycles. The minimum atomic E-state index is -0.217. The Labute approximate surface area is 153 Å². The van der Waals surface area contributed by atoms with Gasteiger partial charge in [0.05, 0.1) is 28.4 Å². The van der Waals surface area contributed by atoms with E-state index >= 15 is 0 Å². The van der Waals surface area contributed by atoms with E-state index < -0.39 is 0 Å². The maximum atomic E-state index is 12.2. The Morgan fingerprint density at radius 2 is 2.12 bits per heavy atom. The average Bonchev–Trinajstić information content (AvgIpc) is 3.02. The Balaban J connectivity index is 1.53. The highest BCUT2D eigenvalue weighted by Crippen LogP contribution is 2.15. The van der Waals surface area contributed by atoms with Crippen molar-refractivity contribution < 1.29 is 0 Å². The summed E-state index contributed by atoms with van der Waals surface area (Å²) in [6, 6.07) is 17.0. The molecule has 0 saturated heterocycles. The van der Waals surface area contributed by atoms with Crippen molar-refractivity contribution in [1.29, 1.82) is 5.26 Å². The number of H-pyrrole nitrogens is 1. The molecule has 7 nitrogen and oxygen atoms in total. The molecule has 2 aromatic carbocycles. The summed E-state index contributed by atoms with van der Waals surface area (Å²) in [6.07, 6.45) is 0. The van der Waals surface area contributed by atoms with E-state index in [1.807, 2.05) is 42.5 Å². The zero-order valence-electron chi connectivity index (χ0n) is 13.6. The molecule has 8 heteroatoms. The van der Waals surface area contributed by atoms with E-state index in [1.54, 1.807) is 10.6 Å². The van der Waals surface area contributed by atoms with Crippen LogP contribution in [-0.4, -0.2) is 26.3 Å². The monoisotopic (exact) mass is 362 g/mol. The number of nitrogens with zero attached hydrogens (tertiary/aromatic N) is 4. The zero-order valence-corrected chi connectivity index (χ0v) is 14.5. The van der Waals surface area contributed by atoms with Gasteiger partial charge in [0.1, 0.15) is 0 Å². The van der Waals surface area contributed by atoms with Crippen molar-refractivity contribution in [3.8, 4) is 6.07 Å². The van der Waals surface area contributed by atoms with E-state index in [9.17, 15) is 4.79 Å². The van der Waals surface area contributed by atoms with Crippen molar-refractivity contribution in [3.05, 3.63) is 70.1 Å². The van der Waals surface area contributed by atoms with Gasteiger partial charge in [-0.1, -0.05) is 36.0 Å². The lowest BCUT2D eigenvalue weighted by molar-refractivity contribution is 0.915. The number of nitriles is 1. The van der Waals surface area contributed by atoms with Gasteiger partial charge in [-0.25, -0.2) is 9.36 Å². The molecule has 1 aromatic heterocycles. The van der Waals surface area contributed by atoms with Crippen LogP contribution in [0.2, 0.25) is 0 Å². The predicted octanol–water partition coefficient (Wildman–Crippen LogP) is 2.26. The molecular weight excluding hydrogens is 348 g/mol. The van der Waals surface area contributed by atoms with Crippen molar-refractivity contribution in [2.75, 3.05) is 5.75 Å². The van der Waals surface area contributed by atoms with E-state index in [1.165, 1.54) is 11.8 Å². The maximum Gasteiger partial charge on any atom is 0.332 e. The molecule has 2 N–H and O–H groups in total. The lowest BCUT2D eigenvalue weighted by Crippen LogP contribution is -2.30. The summed E-state index contributed by atoms with van der Waals surface area (Å²) in [5.74, 6) is 1.13. The number of aromatic nitrogens is 2. The molecular formula is C18H14N6OS. The zero-order chi connectivity index (χ0) is 17.9. The Kier molecular flexibility index (Phi) is 4.29. The van der Waals surface area contributed by atoms with Crippen molar-refractivity contribution in [2.45, 2.75) is 6.54 Å². The maximum absolute atomic E-state index is 12.2. The van der Waals surface area contributed by atoms with Crippen LogP contribution >= 0.6 is 11.8 Å². The molecule has 0 saturated carbocycles. The van der Waals surface area contributed by atoms with Gasteiger partial charge in [-0.05, 0) is 29.8 Å². The summed E-state index contributed by atoms with van der Waals surface area (Å²) in [4.78, 5) is 15.0. The van der Waals surface area contributed by atoms with E-state index in [-0.39, 0.29) is 5.69 Å². The Hall–Kier alpha value is -3.31. The summed E-state index contributed by atoms with van der Waals surface area (Å²) in [5.41, 5.74) is 2.97. The molecule has 0 atom stereocenters. The van der Waals surface area contributed by atoms with Gasteiger partial charge >= 0.3 is 5.69 Å². The lowest BCUT2D eigenvalue weighted by Gasteiger charge is -2.14. The highest BCUT2D eigenvalue weighted by atomic mass is 32.2. The number of aromatic amines is 1. The fraction of sp³-hybridized carbons (Fsp3) is 0.111. The number of benzene rings is 2. The normalized spacial score (nSPS) is 13.8. The topological polar surface area (TPSA) is 98.3 Å². The van der Waals surface area contributed by atoms with Gasteiger partial charge in [-0.3, -0.25) is 0 Å². The van der Waals surface area contributed by atoms with Crippen LogP contribution < -0.4 is 11.0 Å². The van der Waals surface area contributed by atoms with Crippen LogP contribution in [0.25, 0.3) is 11.0 Å². The fourth-order valence-corrected chi connectivity index (χ4v) is 3.45. The molecule has 0 aliphatic carbocycles. The molecule has 128 valence electrons. The van der Waals surface area contributed by atoms with Crippen LogP contribution in [0, 0.1) is 11.3 Å². The van der Waals surface area contributed by atoms with Gasteiger partial charge in [-0.2, -0.15) is 5.26 Å². The summed E-state index contributed by atoms with van der Waals surface area (Å²) in [6.45, 7) is 0.555. The molecule has 26 heavy (non-hydrogen) atoms. The summed E-state index contributed by atoms with van der Waals surface area (Å²) >= 11 is 1.49. The number of imidazole rings is 1. The molecule has 0 fully saturated rings. The minimum Gasteiger partial charge on any atom is -0.359 e. The van der Waals surface area contributed by atoms with Gasteiger partial charge < -0.3 is 10.3 Å². The average molecular weight is 362 g/mol. The first kappa shape index (κ1) is 16.2. The molecule has 1 aliphatic rings.